The maximum atomic E-state index is 11.3. The molecule has 0 aromatic carbocycles. The first-order valence-corrected chi connectivity index (χ1v) is 8.23. The van der Waals surface area contributed by atoms with E-state index in [9.17, 15) is 28.5 Å². The van der Waals surface area contributed by atoms with Crippen LogP contribution in [0.15, 0.2) is 0 Å². The third kappa shape index (κ3) is 5.83. The van der Waals surface area contributed by atoms with E-state index >= 15 is 0 Å². The van der Waals surface area contributed by atoms with Gasteiger partial charge in [-0.05, 0) is 0 Å². The Morgan fingerprint density at radius 3 is 1.72 bits per heavy atom. The Kier molecular flexibility index (Phi) is 5.18. The van der Waals surface area contributed by atoms with Crippen LogP contribution < -0.4 is 10.6 Å². The molecule has 0 aliphatic carbocycles. The van der Waals surface area contributed by atoms with Gasteiger partial charge in [-0.1, -0.05) is 0 Å². The second kappa shape index (κ2) is 6.03. The zero-order valence-electron chi connectivity index (χ0n) is 9.07. The Labute approximate surface area is 102 Å². The zero-order valence-corrected chi connectivity index (χ0v) is 10.9. The summed E-state index contributed by atoms with van der Waals surface area (Å²) >= 11 is 0. The topological polar surface area (TPSA) is 151 Å². The summed E-state index contributed by atoms with van der Waals surface area (Å²) in [6, 6.07) is 0. The fraction of sp³-hybridized carbons (Fsp3) is 0.667. The van der Waals surface area contributed by atoms with Crippen molar-refractivity contribution in [2.45, 2.75) is 0 Å². The Hall–Kier alpha value is -0.600. The lowest BCUT2D eigenvalue weighted by Crippen LogP contribution is -2.33. The average molecular weight is 302 g/mol. The van der Waals surface area contributed by atoms with E-state index in [4.69, 9.17) is 0 Å². The Bertz CT molecular complexity index is 399. The minimum Gasteiger partial charge on any atom is -0.391 e. The SMILES string of the molecule is O=C1CNCP(=O)(O)OP(=O)(O)CNCC(=O)O1. The molecule has 1 saturated heterocycles. The molecule has 0 spiro atoms. The standard InChI is InChI=1S/C6H12N2O8P2/c9-5-1-7-3-17(11,12)16-18(13,14)4-8-2-6(10)15-5/h7-8H,1-4H2,(H,11,12)(H,13,14). The third-order valence-electron chi connectivity index (χ3n) is 1.64. The van der Waals surface area contributed by atoms with Gasteiger partial charge in [-0.2, -0.15) is 0 Å². The van der Waals surface area contributed by atoms with E-state index < -0.39 is 52.8 Å². The molecule has 1 aliphatic rings. The lowest BCUT2D eigenvalue weighted by Gasteiger charge is -2.18. The summed E-state index contributed by atoms with van der Waals surface area (Å²) in [5, 5.41) is 4.37. The number of nitrogens with one attached hydrogen (secondary N) is 2. The summed E-state index contributed by atoms with van der Waals surface area (Å²) in [7, 11) is -8.72. The van der Waals surface area contributed by atoms with E-state index in [1.165, 1.54) is 0 Å². The normalized spacial score (nSPS) is 36.3. The molecule has 1 heterocycles. The van der Waals surface area contributed by atoms with Gasteiger partial charge in [0.25, 0.3) is 0 Å². The number of carbonyl (C=O) groups excluding carboxylic acids is 2. The van der Waals surface area contributed by atoms with Gasteiger partial charge in [0.05, 0.1) is 25.7 Å². The van der Waals surface area contributed by atoms with Crippen LogP contribution in [0.25, 0.3) is 0 Å². The molecule has 0 aromatic rings. The van der Waals surface area contributed by atoms with Gasteiger partial charge in [-0.25, -0.2) is 4.31 Å². The summed E-state index contributed by atoms with van der Waals surface area (Å²) in [4.78, 5) is 40.4. The Balaban J connectivity index is 2.74. The largest absolute Gasteiger partial charge is 0.391 e. The molecule has 18 heavy (non-hydrogen) atoms. The highest BCUT2D eigenvalue weighted by atomic mass is 31.3. The van der Waals surface area contributed by atoms with Crippen LogP contribution in [0.4, 0.5) is 0 Å². The second-order valence-electron chi connectivity index (χ2n) is 3.37. The predicted molar refractivity (Wildman–Crippen MR) is 57.6 cm³/mol. The van der Waals surface area contributed by atoms with E-state index in [2.05, 4.69) is 19.7 Å². The van der Waals surface area contributed by atoms with Gasteiger partial charge in [0.2, 0.25) is 0 Å². The number of esters is 2. The molecule has 0 amide bonds. The Morgan fingerprint density at radius 2 is 1.33 bits per heavy atom. The van der Waals surface area contributed by atoms with Crippen molar-refractivity contribution in [2.75, 3.05) is 25.7 Å². The summed E-state index contributed by atoms with van der Waals surface area (Å²) in [5.41, 5.74) is 0. The summed E-state index contributed by atoms with van der Waals surface area (Å²) in [5.74, 6) is -1.87. The summed E-state index contributed by atoms with van der Waals surface area (Å²) in [6.07, 6.45) is -1.44. The first-order chi connectivity index (χ1) is 8.20. The molecule has 0 radical (unpaired) electrons. The molecule has 12 heteroatoms. The molecule has 104 valence electrons. The fourth-order valence-electron chi connectivity index (χ4n) is 1.05. The van der Waals surface area contributed by atoms with Crippen molar-refractivity contribution in [2.24, 2.45) is 0 Å². The number of hydrogen-bond acceptors (Lipinski definition) is 8. The second-order valence-corrected chi connectivity index (χ2v) is 7.21. The van der Waals surface area contributed by atoms with Gasteiger partial charge in [-0.15, -0.1) is 0 Å². The maximum absolute atomic E-state index is 11.3. The van der Waals surface area contributed by atoms with Crippen LogP contribution in [0.1, 0.15) is 0 Å². The van der Waals surface area contributed by atoms with Crippen molar-refractivity contribution in [3.63, 3.8) is 0 Å². The van der Waals surface area contributed by atoms with Crippen LogP contribution in [0, 0.1) is 0 Å². The number of ether oxygens (including phenoxy) is 1. The van der Waals surface area contributed by atoms with Crippen LogP contribution >= 0.6 is 15.2 Å². The summed E-state index contributed by atoms with van der Waals surface area (Å²) in [6.45, 7) is -1.01. The van der Waals surface area contributed by atoms with Crippen LogP contribution in [0.3, 0.4) is 0 Å². The van der Waals surface area contributed by atoms with Gasteiger partial charge in [-0.3, -0.25) is 29.4 Å². The van der Waals surface area contributed by atoms with E-state index in [0.717, 1.165) is 0 Å². The van der Waals surface area contributed by atoms with Crippen LogP contribution in [0.2, 0.25) is 0 Å². The van der Waals surface area contributed by atoms with Gasteiger partial charge in [0.15, 0.2) is 0 Å². The number of hydrogen-bond donors (Lipinski definition) is 4. The maximum Gasteiger partial charge on any atom is 0.348 e. The highest BCUT2D eigenvalue weighted by molar-refractivity contribution is 7.66. The zero-order chi connectivity index (χ0) is 13.8. The fourth-order valence-corrected chi connectivity index (χ4v) is 3.90. The average Bonchev–Trinajstić information content (AvgIpc) is 2.12. The predicted octanol–water partition coefficient (Wildman–Crippen LogP) is -1.45. The number of rotatable bonds is 0. The van der Waals surface area contributed by atoms with Crippen molar-refractivity contribution >= 4 is 27.1 Å². The van der Waals surface area contributed by atoms with Crippen LogP contribution in [0.5, 0.6) is 0 Å². The van der Waals surface area contributed by atoms with E-state index in [1.54, 1.807) is 0 Å². The number of cyclic esters (lactones) is 2. The molecule has 0 aromatic heterocycles. The van der Waals surface area contributed by atoms with E-state index in [0.29, 0.717) is 0 Å². The minimum absolute atomic E-state index is 0.505. The molecule has 0 saturated carbocycles. The van der Waals surface area contributed by atoms with Gasteiger partial charge in [0, 0.05) is 0 Å². The van der Waals surface area contributed by atoms with E-state index in [-0.39, 0.29) is 0 Å². The molecule has 4 N–H and O–H groups in total. The smallest absolute Gasteiger partial charge is 0.348 e. The molecular formula is C6H12N2O8P2. The molecule has 2 atom stereocenters. The monoisotopic (exact) mass is 302 g/mol. The van der Waals surface area contributed by atoms with Crippen molar-refractivity contribution in [3.8, 4) is 0 Å². The molecule has 1 rings (SSSR count). The number of carbonyl (C=O) groups is 2. The molecule has 1 fully saturated rings. The highest BCUT2D eigenvalue weighted by Crippen LogP contribution is 2.57. The quantitative estimate of drug-likeness (QED) is 0.237. The Morgan fingerprint density at radius 1 is 0.944 bits per heavy atom. The molecule has 10 nitrogen and oxygen atoms in total. The van der Waals surface area contributed by atoms with Gasteiger partial charge >= 0.3 is 27.1 Å². The van der Waals surface area contributed by atoms with E-state index in [1.807, 2.05) is 0 Å². The lowest BCUT2D eigenvalue weighted by molar-refractivity contribution is -0.158. The third-order valence-corrected chi connectivity index (χ3v) is 4.93. The minimum atomic E-state index is -4.36. The first kappa shape index (κ1) is 15.5. The van der Waals surface area contributed by atoms with Crippen molar-refractivity contribution in [1.82, 2.24) is 10.6 Å². The molecular weight excluding hydrogens is 290 g/mol. The van der Waals surface area contributed by atoms with Crippen LogP contribution in [-0.4, -0.2) is 47.4 Å². The summed E-state index contributed by atoms with van der Waals surface area (Å²) < 4.78 is 31.2. The molecule has 0 bridgehead atoms. The van der Waals surface area contributed by atoms with Crippen molar-refractivity contribution in [1.29, 1.82) is 0 Å². The van der Waals surface area contributed by atoms with Crippen molar-refractivity contribution < 1.29 is 37.6 Å². The highest BCUT2D eigenvalue weighted by Gasteiger charge is 2.32. The van der Waals surface area contributed by atoms with Gasteiger partial charge < -0.3 is 14.5 Å². The van der Waals surface area contributed by atoms with Gasteiger partial charge in [0.1, 0.15) is 0 Å². The first-order valence-electron chi connectivity index (χ1n) is 4.70. The molecule has 2 unspecified atom stereocenters. The van der Waals surface area contributed by atoms with Crippen molar-refractivity contribution in [3.05, 3.63) is 0 Å². The lowest BCUT2D eigenvalue weighted by atomic mass is 10.6. The van der Waals surface area contributed by atoms with Crippen LogP contribution in [-0.2, 0) is 27.8 Å². The molecule has 1 aliphatic heterocycles.